The molecule has 3 heteroatoms. The number of ketones is 1. The summed E-state index contributed by atoms with van der Waals surface area (Å²) in [5.74, 6) is 0.229. The third-order valence-corrected chi connectivity index (χ3v) is 2.63. The summed E-state index contributed by atoms with van der Waals surface area (Å²) < 4.78 is 0. The average molecular weight is 202 g/mol. The first-order valence-electron chi connectivity index (χ1n) is 5.11. The summed E-state index contributed by atoms with van der Waals surface area (Å²) in [6.07, 6.45) is 8.47. The van der Waals surface area contributed by atoms with Crippen LogP contribution >= 0.6 is 0 Å². The topological polar surface area (TPSA) is 56.0 Å². The molecule has 1 aliphatic carbocycles. The lowest BCUT2D eigenvalue weighted by Crippen LogP contribution is -2.20. The van der Waals surface area contributed by atoms with E-state index in [-0.39, 0.29) is 17.7 Å². The maximum Gasteiger partial charge on any atom is 0.144 e. The van der Waals surface area contributed by atoms with Gasteiger partial charge < -0.3 is 5.73 Å². The third kappa shape index (κ3) is 2.50. The predicted octanol–water partition coefficient (Wildman–Crippen LogP) is 1.10. The summed E-state index contributed by atoms with van der Waals surface area (Å²) in [4.78, 5) is 15.8. The molecule has 1 aliphatic rings. The standard InChI is InChI=1S/C12H14N2O/c13-11-4-3-10(7-11)12(15)6-9-2-1-5-14-8-9/h1-5,8,10-11H,6-7,13H2. The lowest BCUT2D eigenvalue weighted by molar-refractivity contribution is -0.120. The first-order chi connectivity index (χ1) is 7.25. The van der Waals surface area contributed by atoms with Crippen molar-refractivity contribution >= 4 is 5.78 Å². The first kappa shape index (κ1) is 10.1. The molecule has 2 rings (SSSR count). The Morgan fingerprint density at radius 2 is 2.40 bits per heavy atom. The normalized spacial score (nSPS) is 24.3. The van der Waals surface area contributed by atoms with Crippen LogP contribution in [0.2, 0.25) is 0 Å². The molecule has 0 radical (unpaired) electrons. The number of hydrogen-bond acceptors (Lipinski definition) is 3. The Kier molecular flexibility index (Phi) is 2.92. The van der Waals surface area contributed by atoms with Crippen molar-refractivity contribution in [3.63, 3.8) is 0 Å². The Labute approximate surface area is 89.0 Å². The Hall–Kier alpha value is -1.48. The van der Waals surface area contributed by atoms with E-state index in [1.807, 2.05) is 24.3 Å². The third-order valence-electron chi connectivity index (χ3n) is 2.63. The number of hydrogen-bond donors (Lipinski definition) is 1. The van der Waals surface area contributed by atoms with E-state index in [0.29, 0.717) is 6.42 Å². The number of nitrogens with two attached hydrogens (primary N) is 1. The number of nitrogens with zero attached hydrogens (tertiary/aromatic N) is 1. The molecule has 0 bridgehead atoms. The lowest BCUT2D eigenvalue weighted by atomic mass is 9.97. The van der Waals surface area contributed by atoms with E-state index in [4.69, 9.17) is 5.73 Å². The molecular weight excluding hydrogens is 188 g/mol. The Balaban J connectivity index is 1.96. The van der Waals surface area contributed by atoms with Crippen molar-refractivity contribution < 1.29 is 4.79 Å². The number of carbonyl (C=O) groups is 1. The fourth-order valence-electron chi connectivity index (χ4n) is 1.80. The van der Waals surface area contributed by atoms with Gasteiger partial charge in [-0.15, -0.1) is 0 Å². The number of carbonyl (C=O) groups excluding carboxylic acids is 1. The molecule has 1 aromatic heterocycles. The van der Waals surface area contributed by atoms with Gasteiger partial charge in [0.2, 0.25) is 0 Å². The molecule has 0 saturated carbocycles. The number of allylic oxidation sites excluding steroid dienone is 1. The molecule has 0 aliphatic heterocycles. The molecule has 0 fully saturated rings. The highest BCUT2D eigenvalue weighted by Crippen LogP contribution is 2.18. The summed E-state index contributed by atoms with van der Waals surface area (Å²) in [7, 11) is 0. The number of pyridine rings is 1. The minimum Gasteiger partial charge on any atom is -0.324 e. The zero-order valence-electron chi connectivity index (χ0n) is 8.47. The second kappa shape index (κ2) is 4.36. The van der Waals surface area contributed by atoms with E-state index in [0.717, 1.165) is 12.0 Å². The fraction of sp³-hybridized carbons (Fsp3) is 0.333. The van der Waals surface area contributed by atoms with E-state index in [1.54, 1.807) is 12.4 Å². The van der Waals surface area contributed by atoms with Crippen LogP contribution < -0.4 is 5.73 Å². The van der Waals surface area contributed by atoms with Crippen LogP contribution in [0, 0.1) is 5.92 Å². The number of Topliss-reactive ketones (excluding diaryl/α,β-unsaturated/α-hetero) is 1. The molecule has 3 nitrogen and oxygen atoms in total. The Morgan fingerprint density at radius 1 is 1.53 bits per heavy atom. The summed E-state index contributed by atoms with van der Waals surface area (Å²) in [5, 5.41) is 0. The van der Waals surface area contributed by atoms with Crippen molar-refractivity contribution in [1.82, 2.24) is 4.98 Å². The quantitative estimate of drug-likeness (QED) is 0.747. The summed E-state index contributed by atoms with van der Waals surface area (Å²) >= 11 is 0. The van der Waals surface area contributed by atoms with E-state index in [9.17, 15) is 4.79 Å². The molecule has 0 amide bonds. The lowest BCUT2D eigenvalue weighted by Gasteiger charge is -2.07. The molecule has 2 atom stereocenters. The summed E-state index contributed by atoms with van der Waals surface area (Å²) in [6, 6.07) is 3.82. The molecule has 0 aromatic carbocycles. The summed E-state index contributed by atoms with van der Waals surface area (Å²) in [6.45, 7) is 0. The van der Waals surface area contributed by atoms with E-state index in [1.165, 1.54) is 0 Å². The Morgan fingerprint density at radius 3 is 3.00 bits per heavy atom. The van der Waals surface area contributed by atoms with Crippen molar-refractivity contribution in [3.05, 3.63) is 42.2 Å². The van der Waals surface area contributed by atoms with Gasteiger partial charge in [0.1, 0.15) is 5.78 Å². The smallest absolute Gasteiger partial charge is 0.144 e. The zero-order valence-corrected chi connectivity index (χ0v) is 8.47. The molecule has 0 spiro atoms. The second-order valence-electron chi connectivity index (χ2n) is 3.90. The minimum absolute atomic E-state index is 0.000191. The van der Waals surface area contributed by atoms with Gasteiger partial charge in [-0.3, -0.25) is 9.78 Å². The maximum absolute atomic E-state index is 11.8. The van der Waals surface area contributed by atoms with Gasteiger partial charge in [-0.2, -0.15) is 0 Å². The predicted molar refractivity (Wildman–Crippen MR) is 58.2 cm³/mol. The largest absolute Gasteiger partial charge is 0.324 e. The molecule has 2 unspecified atom stereocenters. The number of aromatic nitrogens is 1. The first-order valence-corrected chi connectivity index (χ1v) is 5.11. The van der Waals surface area contributed by atoms with E-state index >= 15 is 0 Å². The highest BCUT2D eigenvalue weighted by atomic mass is 16.1. The van der Waals surface area contributed by atoms with Crippen LogP contribution in [0.5, 0.6) is 0 Å². The fourth-order valence-corrected chi connectivity index (χ4v) is 1.80. The molecule has 78 valence electrons. The van der Waals surface area contributed by atoms with Crippen LogP contribution in [0.4, 0.5) is 0 Å². The van der Waals surface area contributed by atoms with Gasteiger partial charge in [-0.05, 0) is 18.1 Å². The average Bonchev–Trinajstić information content (AvgIpc) is 2.66. The van der Waals surface area contributed by atoms with Crippen LogP contribution in [0.25, 0.3) is 0 Å². The van der Waals surface area contributed by atoms with Crippen LogP contribution in [0.15, 0.2) is 36.7 Å². The van der Waals surface area contributed by atoms with Gasteiger partial charge in [-0.1, -0.05) is 18.2 Å². The van der Waals surface area contributed by atoms with Crippen molar-refractivity contribution in [1.29, 1.82) is 0 Å². The minimum atomic E-state index is 0.000191. The van der Waals surface area contributed by atoms with Crippen molar-refractivity contribution in [2.45, 2.75) is 18.9 Å². The highest BCUT2D eigenvalue weighted by Gasteiger charge is 2.22. The van der Waals surface area contributed by atoms with Crippen LogP contribution in [-0.2, 0) is 11.2 Å². The molecule has 1 aromatic rings. The van der Waals surface area contributed by atoms with E-state index in [2.05, 4.69) is 4.98 Å². The Bertz CT molecular complexity index is 372. The zero-order chi connectivity index (χ0) is 10.7. The van der Waals surface area contributed by atoms with Gasteiger partial charge in [0.25, 0.3) is 0 Å². The van der Waals surface area contributed by atoms with Gasteiger partial charge in [-0.25, -0.2) is 0 Å². The molecular formula is C12H14N2O. The van der Waals surface area contributed by atoms with Gasteiger partial charge in [0.15, 0.2) is 0 Å². The monoisotopic (exact) mass is 202 g/mol. The SMILES string of the molecule is NC1C=CC(C(=O)Cc2cccnc2)C1. The van der Waals surface area contributed by atoms with Crippen LogP contribution in [-0.4, -0.2) is 16.8 Å². The highest BCUT2D eigenvalue weighted by molar-refractivity contribution is 5.85. The molecule has 1 heterocycles. The molecule has 15 heavy (non-hydrogen) atoms. The van der Waals surface area contributed by atoms with Crippen LogP contribution in [0.3, 0.4) is 0 Å². The van der Waals surface area contributed by atoms with E-state index < -0.39 is 0 Å². The van der Waals surface area contributed by atoms with Crippen molar-refractivity contribution in [3.8, 4) is 0 Å². The van der Waals surface area contributed by atoms with Gasteiger partial charge in [0, 0.05) is 30.8 Å². The molecule has 2 N–H and O–H groups in total. The van der Waals surface area contributed by atoms with Gasteiger partial charge >= 0.3 is 0 Å². The molecule has 0 saturated heterocycles. The van der Waals surface area contributed by atoms with Crippen molar-refractivity contribution in [2.75, 3.05) is 0 Å². The van der Waals surface area contributed by atoms with Gasteiger partial charge in [0.05, 0.1) is 0 Å². The second-order valence-corrected chi connectivity index (χ2v) is 3.90. The van der Waals surface area contributed by atoms with Crippen LogP contribution in [0.1, 0.15) is 12.0 Å². The van der Waals surface area contributed by atoms with Crippen molar-refractivity contribution in [2.24, 2.45) is 11.7 Å². The maximum atomic E-state index is 11.8. The number of rotatable bonds is 3. The summed E-state index contributed by atoms with van der Waals surface area (Å²) in [5.41, 5.74) is 6.67.